The Kier molecular flexibility index (Phi) is 8.91. The molecule has 2 fully saturated rings. The number of aliphatic hydroxyl groups excluding tert-OH is 6. The minimum absolute atomic E-state index is 0.0251. The van der Waals surface area contributed by atoms with Crippen molar-refractivity contribution in [2.75, 3.05) is 19.8 Å². The van der Waals surface area contributed by atoms with Crippen LogP contribution in [0.25, 0.3) is 0 Å². The molecule has 2 heterocycles. The van der Waals surface area contributed by atoms with E-state index in [0.717, 1.165) is 0 Å². The van der Waals surface area contributed by atoms with Gasteiger partial charge < -0.3 is 54.9 Å². The molecule has 0 unspecified atom stereocenters. The van der Waals surface area contributed by atoms with Crippen molar-refractivity contribution >= 4 is 5.91 Å². The summed E-state index contributed by atoms with van der Waals surface area (Å²) in [6, 6.07) is -1.26. The van der Waals surface area contributed by atoms with Crippen molar-refractivity contribution in [3.8, 4) is 0 Å². The molecule has 29 heavy (non-hydrogen) atoms. The summed E-state index contributed by atoms with van der Waals surface area (Å²) < 4.78 is 21.8. The van der Waals surface area contributed by atoms with Gasteiger partial charge in [-0.3, -0.25) is 4.79 Å². The largest absolute Gasteiger partial charge is 0.394 e. The van der Waals surface area contributed by atoms with Crippen LogP contribution in [0.1, 0.15) is 6.92 Å². The summed E-state index contributed by atoms with van der Waals surface area (Å²) in [4.78, 5) is 11.5. The van der Waals surface area contributed by atoms with E-state index < -0.39 is 80.5 Å². The van der Waals surface area contributed by atoms with Gasteiger partial charge in [-0.15, -0.1) is 6.58 Å². The standard InChI is InChI=1S/C17H29NO11/c1-3-4-26-15-14(12(23)9(6-20)27-16(15)25)29-17-10(18-7(2)21)13(24)11(22)8(5-19)28-17/h3,8-17,19-20,22-25H,1,4-6H2,2H3,(H,18,21)/t8-,9-,10-,11-,12+,13-,14+,15-,16-,17+/m1/s1. The van der Waals surface area contributed by atoms with Crippen molar-refractivity contribution in [3.63, 3.8) is 0 Å². The summed E-state index contributed by atoms with van der Waals surface area (Å²) in [6.45, 7) is 3.36. The van der Waals surface area contributed by atoms with Crippen molar-refractivity contribution < 1.29 is 54.4 Å². The van der Waals surface area contributed by atoms with Gasteiger partial charge in [-0.2, -0.15) is 0 Å². The quantitative estimate of drug-likeness (QED) is 0.188. The van der Waals surface area contributed by atoms with Crippen molar-refractivity contribution in [1.29, 1.82) is 0 Å². The van der Waals surface area contributed by atoms with Crippen LogP contribution in [0.3, 0.4) is 0 Å². The summed E-state index contributed by atoms with van der Waals surface area (Å²) in [6.07, 6.45) is -11.2. The molecule has 1 amide bonds. The zero-order valence-electron chi connectivity index (χ0n) is 15.9. The minimum atomic E-state index is -1.58. The average Bonchev–Trinajstić information content (AvgIpc) is 2.68. The van der Waals surface area contributed by atoms with Gasteiger partial charge >= 0.3 is 0 Å². The molecule has 0 aromatic rings. The van der Waals surface area contributed by atoms with E-state index in [9.17, 15) is 35.4 Å². The van der Waals surface area contributed by atoms with Crippen LogP contribution in [0.4, 0.5) is 0 Å². The summed E-state index contributed by atoms with van der Waals surface area (Å²) in [5.74, 6) is -0.554. The topological polar surface area (TPSA) is 187 Å². The van der Waals surface area contributed by atoms with Gasteiger partial charge in [0.15, 0.2) is 12.6 Å². The van der Waals surface area contributed by atoms with E-state index in [4.69, 9.17) is 18.9 Å². The first kappa shape index (κ1) is 24.1. The summed E-state index contributed by atoms with van der Waals surface area (Å²) in [5.41, 5.74) is 0. The second-order valence-corrected chi connectivity index (χ2v) is 6.86. The lowest BCUT2D eigenvalue weighted by Gasteiger charge is -2.47. The Morgan fingerprint density at radius 1 is 1.03 bits per heavy atom. The molecule has 2 rings (SSSR count). The average molecular weight is 423 g/mol. The van der Waals surface area contributed by atoms with Crippen molar-refractivity contribution in [2.45, 2.75) is 68.3 Å². The van der Waals surface area contributed by atoms with E-state index in [1.54, 1.807) is 0 Å². The fourth-order valence-electron chi connectivity index (χ4n) is 3.31. The highest BCUT2D eigenvalue weighted by Crippen LogP contribution is 2.30. The number of carbonyl (C=O) groups is 1. The van der Waals surface area contributed by atoms with Gasteiger partial charge in [0.1, 0.15) is 48.8 Å². The van der Waals surface area contributed by atoms with Gasteiger partial charge in [0.2, 0.25) is 5.91 Å². The molecule has 0 bridgehead atoms. The van der Waals surface area contributed by atoms with E-state index in [0.29, 0.717) is 0 Å². The van der Waals surface area contributed by atoms with Gasteiger partial charge in [0, 0.05) is 6.92 Å². The summed E-state index contributed by atoms with van der Waals surface area (Å²) >= 11 is 0. The first-order valence-electron chi connectivity index (χ1n) is 9.15. The molecule has 2 aliphatic rings. The molecule has 2 saturated heterocycles. The van der Waals surface area contributed by atoms with Gasteiger partial charge in [0.25, 0.3) is 0 Å². The molecule has 10 atom stereocenters. The number of hydrogen-bond acceptors (Lipinski definition) is 11. The molecule has 0 spiro atoms. The monoisotopic (exact) mass is 423 g/mol. The lowest BCUT2D eigenvalue weighted by molar-refractivity contribution is -0.346. The zero-order valence-corrected chi connectivity index (χ0v) is 15.9. The number of hydrogen-bond donors (Lipinski definition) is 7. The zero-order chi connectivity index (χ0) is 21.7. The number of rotatable bonds is 8. The molecule has 0 radical (unpaired) electrons. The van der Waals surface area contributed by atoms with Gasteiger partial charge in [-0.05, 0) is 0 Å². The number of aliphatic hydroxyl groups is 6. The highest BCUT2D eigenvalue weighted by atomic mass is 16.7. The highest BCUT2D eigenvalue weighted by molar-refractivity contribution is 5.73. The van der Waals surface area contributed by atoms with Gasteiger partial charge in [-0.1, -0.05) is 6.08 Å². The molecule has 12 nitrogen and oxygen atoms in total. The maximum Gasteiger partial charge on any atom is 0.217 e. The predicted molar refractivity (Wildman–Crippen MR) is 94.1 cm³/mol. The number of nitrogens with one attached hydrogen (secondary N) is 1. The number of carbonyl (C=O) groups excluding carboxylic acids is 1. The van der Waals surface area contributed by atoms with Crippen LogP contribution in [0.15, 0.2) is 12.7 Å². The van der Waals surface area contributed by atoms with E-state index in [1.165, 1.54) is 13.0 Å². The predicted octanol–water partition coefficient (Wildman–Crippen LogP) is -4.04. The van der Waals surface area contributed by atoms with E-state index in [-0.39, 0.29) is 6.61 Å². The fraction of sp³-hybridized carbons (Fsp3) is 0.824. The molecule has 0 aliphatic carbocycles. The lowest BCUT2D eigenvalue weighted by Crippen LogP contribution is -2.67. The van der Waals surface area contributed by atoms with Crippen LogP contribution in [0.2, 0.25) is 0 Å². The lowest BCUT2D eigenvalue weighted by atomic mass is 9.95. The maximum absolute atomic E-state index is 11.5. The molecule has 0 saturated carbocycles. The van der Waals surface area contributed by atoms with E-state index in [2.05, 4.69) is 11.9 Å². The second-order valence-electron chi connectivity index (χ2n) is 6.86. The number of ether oxygens (including phenoxy) is 4. The normalized spacial score (nSPS) is 43.0. The van der Waals surface area contributed by atoms with Crippen LogP contribution in [-0.4, -0.2) is 118 Å². The Morgan fingerprint density at radius 3 is 2.21 bits per heavy atom. The van der Waals surface area contributed by atoms with Crippen LogP contribution >= 0.6 is 0 Å². The SMILES string of the molecule is C=CCO[C@@H]1[C@@H](O[C@@H]2O[C@H](CO)[C@@H](O)[C@H](O)[C@H]2NC(C)=O)[C@@H](O)[C@@H](CO)O[C@H]1O. The van der Waals surface area contributed by atoms with Crippen molar-refractivity contribution in [1.82, 2.24) is 5.32 Å². The Morgan fingerprint density at radius 2 is 1.66 bits per heavy atom. The third-order valence-electron chi connectivity index (χ3n) is 4.77. The maximum atomic E-state index is 11.5. The molecule has 0 aromatic carbocycles. The summed E-state index contributed by atoms with van der Waals surface area (Å²) in [7, 11) is 0. The van der Waals surface area contributed by atoms with Crippen molar-refractivity contribution in [3.05, 3.63) is 12.7 Å². The fourth-order valence-corrected chi connectivity index (χ4v) is 3.31. The third-order valence-corrected chi connectivity index (χ3v) is 4.77. The molecule has 0 aromatic heterocycles. The Labute approximate surface area is 167 Å². The molecule has 12 heteroatoms. The van der Waals surface area contributed by atoms with Crippen LogP contribution in [-0.2, 0) is 23.7 Å². The first-order valence-corrected chi connectivity index (χ1v) is 9.15. The Balaban J connectivity index is 2.29. The molecular weight excluding hydrogens is 394 g/mol. The van der Waals surface area contributed by atoms with Gasteiger partial charge in [-0.25, -0.2) is 0 Å². The third kappa shape index (κ3) is 5.49. The molecular formula is C17H29NO11. The van der Waals surface area contributed by atoms with E-state index in [1.807, 2.05) is 0 Å². The van der Waals surface area contributed by atoms with Crippen LogP contribution in [0, 0.1) is 0 Å². The molecule has 168 valence electrons. The molecule has 7 N–H and O–H groups in total. The Bertz CT molecular complexity index is 549. The van der Waals surface area contributed by atoms with Crippen LogP contribution in [0.5, 0.6) is 0 Å². The number of amides is 1. The Hall–Kier alpha value is -1.19. The van der Waals surface area contributed by atoms with Crippen molar-refractivity contribution in [2.24, 2.45) is 0 Å². The first-order chi connectivity index (χ1) is 13.7. The smallest absolute Gasteiger partial charge is 0.217 e. The van der Waals surface area contributed by atoms with Gasteiger partial charge in [0.05, 0.1) is 19.8 Å². The summed E-state index contributed by atoms with van der Waals surface area (Å²) in [5, 5.41) is 62.3. The minimum Gasteiger partial charge on any atom is -0.394 e. The van der Waals surface area contributed by atoms with E-state index >= 15 is 0 Å². The van der Waals surface area contributed by atoms with Crippen LogP contribution < -0.4 is 5.32 Å². The molecule has 2 aliphatic heterocycles. The second kappa shape index (κ2) is 10.7. The highest BCUT2D eigenvalue weighted by Gasteiger charge is 2.51.